The van der Waals surface area contributed by atoms with Crippen molar-refractivity contribution < 1.29 is 14.7 Å². The minimum atomic E-state index is -0.950. The fourth-order valence-corrected chi connectivity index (χ4v) is 2.92. The van der Waals surface area contributed by atoms with Gasteiger partial charge in [0.05, 0.1) is 5.75 Å². The summed E-state index contributed by atoms with van der Waals surface area (Å²) in [6.07, 6.45) is 10.1. The predicted octanol–water partition coefficient (Wildman–Crippen LogP) is 1.69. The van der Waals surface area contributed by atoms with E-state index < -0.39 is 18.0 Å². The number of terminal acetylenes is 1. The van der Waals surface area contributed by atoms with Gasteiger partial charge in [-0.25, -0.2) is 9.59 Å². The molecule has 1 saturated carbocycles. The van der Waals surface area contributed by atoms with Crippen LogP contribution in [-0.4, -0.2) is 41.2 Å². The maximum atomic E-state index is 11.7. The molecule has 0 aromatic rings. The predicted molar refractivity (Wildman–Crippen MR) is 80.7 cm³/mol. The average molecular weight is 298 g/mol. The minimum absolute atomic E-state index is 0.0443. The van der Waals surface area contributed by atoms with Crippen LogP contribution in [0.3, 0.4) is 0 Å². The van der Waals surface area contributed by atoms with Gasteiger partial charge in [-0.3, -0.25) is 0 Å². The number of rotatable bonds is 7. The number of carboxylic acids is 1. The van der Waals surface area contributed by atoms with Crippen LogP contribution in [0.4, 0.5) is 4.79 Å². The number of aliphatic carboxylic acids is 1. The third-order valence-corrected chi connectivity index (χ3v) is 4.25. The summed E-state index contributed by atoms with van der Waals surface area (Å²) in [6.45, 7) is 0.481. The van der Waals surface area contributed by atoms with E-state index in [1.807, 2.05) is 0 Å². The van der Waals surface area contributed by atoms with E-state index in [2.05, 4.69) is 16.6 Å². The van der Waals surface area contributed by atoms with Crippen LogP contribution in [0.2, 0.25) is 0 Å². The first kappa shape index (κ1) is 16.7. The molecule has 1 fully saturated rings. The number of hydrogen-bond donors (Lipinski definition) is 3. The first-order chi connectivity index (χ1) is 9.65. The van der Waals surface area contributed by atoms with Gasteiger partial charge < -0.3 is 15.7 Å². The van der Waals surface area contributed by atoms with Crippen LogP contribution in [0.15, 0.2) is 0 Å². The maximum absolute atomic E-state index is 11.7. The molecular weight excluding hydrogens is 276 g/mol. The van der Waals surface area contributed by atoms with Crippen LogP contribution >= 0.6 is 11.8 Å². The summed E-state index contributed by atoms with van der Waals surface area (Å²) in [7, 11) is 0. The molecule has 20 heavy (non-hydrogen) atoms. The van der Waals surface area contributed by atoms with Crippen molar-refractivity contribution in [3.05, 3.63) is 0 Å². The van der Waals surface area contributed by atoms with Crippen molar-refractivity contribution in [1.82, 2.24) is 10.6 Å². The Morgan fingerprint density at radius 1 is 1.35 bits per heavy atom. The van der Waals surface area contributed by atoms with E-state index in [1.54, 1.807) is 11.8 Å². The number of urea groups is 1. The summed E-state index contributed by atoms with van der Waals surface area (Å²) in [6, 6.07) is -1.20. The van der Waals surface area contributed by atoms with Crippen LogP contribution < -0.4 is 10.6 Å². The highest BCUT2D eigenvalue weighted by Crippen LogP contribution is 2.26. The molecule has 0 spiro atoms. The molecule has 5 nitrogen and oxygen atoms in total. The van der Waals surface area contributed by atoms with Gasteiger partial charge in [0.2, 0.25) is 0 Å². The van der Waals surface area contributed by atoms with E-state index in [0.29, 0.717) is 12.3 Å². The third-order valence-electron chi connectivity index (χ3n) is 3.39. The number of carbonyl (C=O) groups is 2. The Morgan fingerprint density at radius 3 is 2.65 bits per heavy atom. The maximum Gasteiger partial charge on any atom is 0.326 e. The number of carboxylic acid groups (broad SMARTS) is 1. The SMILES string of the molecule is C#CCSCCNC(=O)NC(C(=O)O)C1CCCCC1. The molecule has 0 aliphatic heterocycles. The minimum Gasteiger partial charge on any atom is -0.480 e. The molecule has 112 valence electrons. The van der Waals surface area contributed by atoms with Crippen molar-refractivity contribution in [3.63, 3.8) is 0 Å². The Bertz CT molecular complexity index is 362. The Labute approximate surface area is 124 Å². The monoisotopic (exact) mass is 298 g/mol. The van der Waals surface area contributed by atoms with E-state index in [-0.39, 0.29) is 5.92 Å². The molecule has 0 radical (unpaired) electrons. The zero-order valence-corrected chi connectivity index (χ0v) is 12.4. The summed E-state index contributed by atoms with van der Waals surface area (Å²) in [5, 5.41) is 14.5. The largest absolute Gasteiger partial charge is 0.480 e. The molecular formula is C14H22N2O3S. The highest BCUT2D eigenvalue weighted by Gasteiger charge is 2.30. The lowest BCUT2D eigenvalue weighted by Crippen LogP contribution is -2.50. The van der Waals surface area contributed by atoms with Gasteiger partial charge in [-0.15, -0.1) is 18.2 Å². The lowest BCUT2D eigenvalue weighted by molar-refractivity contribution is -0.141. The first-order valence-electron chi connectivity index (χ1n) is 6.93. The van der Waals surface area contributed by atoms with Crippen molar-refractivity contribution in [3.8, 4) is 12.3 Å². The molecule has 1 aliphatic carbocycles. The van der Waals surface area contributed by atoms with E-state index in [9.17, 15) is 14.7 Å². The highest BCUT2D eigenvalue weighted by atomic mass is 32.2. The van der Waals surface area contributed by atoms with E-state index >= 15 is 0 Å². The molecule has 1 atom stereocenters. The number of amides is 2. The zero-order valence-electron chi connectivity index (χ0n) is 11.6. The lowest BCUT2D eigenvalue weighted by atomic mass is 9.84. The van der Waals surface area contributed by atoms with Crippen LogP contribution in [0.1, 0.15) is 32.1 Å². The van der Waals surface area contributed by atoms with Crippen LogP contribution in [-0.2, 0) is 4.79 Å². The van der Waals surface area contributed by atoms with Gasteiger partial charge in [-0.2, -0.15) is 0 Å². The second-order valence-corrected chi connectivity index (χ2v) is 5.98. The Morgan fingerprint density at radius 2 is 2.05 bits per heavy atom. The standard InChI is InChI=1S/C14H22N2O3S/c1-2-9-20-10-8-15-14(19)16-12(13(17)18)11-6-4-3-5-7-11/h1,11-12H,3-10H2,(H,17,18)(H2,15,16,19). The summed E-state index contributed by atoms with van der Waals surface area (Å²) >= 11 is 1.55. The highest BCUT2D eigenvalue weighted by molar-refractivity contribution is 7.99. The Balaban J connectivity index is 2.31. The Kier molecular flexibility index (Phi) is 7.97. The smallest absolute Gasteiger partial charge is 0.326 e. The molecule has 6 heteroatoms. The van der Waals surface area contributed by atoms with Gasteiger partial charge in [-0.1, -0.05) is 25.2 Å². The average Bonchev–Trinajstić information content (AvgIpc) is 2.45. The van der Waals surface area contributed by atoms with Crippen molar-refractivity contribution in [2.45, 2.75) is 38.1 Å². The second kappa shape index (κ2) is 9.54. The first-order valence-corrected chi connectivity index (χ1v) is 8.09. The van der Waals surface area contributed by atoms with Gasteiger partial charge in [0.15, 0.2) is 0 Å². The topological polar surface area (TPSA) is 78.4 Å². The lowest BCUT2D eigenvalue weighted by Gasteiger charge is -2.28. The molecule has 2 amide bonds. The summed E-state index contributed by atoms with van der Waals surface area (Å²) in [5.41, 5.74) is 0. The molecule has 0 aromatic heterocycles. The van der Waals surface area contributed by atoms with E-state index in [1.165, 1.54) is 0 Å². The fourth-order valence-electron chi connectivity index (χ4n) is 2.41. The fraction of sp³-hybridized carbons (Fsp3) is 0.714. The van der Waals surface area contributed by atoms with Gasteiger partial charge in [0.25, 0.3) is 0 Å². The molecule has 0 saturated heterocycles. The zero-order chi connectivity index (χ0) is 14.8. The number of carbonyl (C=O) groups excluding carboxylic acids is 1. The van der Waals surface area contributed by atoms with Gasteiger partial charge >= 0.3 is 12.0 Å². The number of hydrogen-bond acceptors (Lipinski definition) is 3. The summed E-state index contributed by atoms with van der Waals surface area (Å²) in [4.78, 5) is 23.0. The van der Waals surface area contributed by atoms with Gasteiger partial charge in [0, 0.05) is 12.3 Å². The van der Waals surface area contributed by atoms with Gasteiger partial charge in [0.1, 0.15) is 6.04 Å². The second-order valence-electron chi connectivity index (χ2n) is 4.87. The molecule has 1 unspecified atom stereocenters. The normalized spacial score (nSPS) is 16.9. The quantitative estimate of drug-likeness (QED) is 0.493. The number of thioether (sulfide) groups is 1. The summed E-state index contributed by atoms with van der Waals surface area (Å²) < 4.78 is 0. The van der Waals surface area contributed by atoms with Crippen molar-refractivity contribution >= 4 is 23.8 Å². The summed E-state index contributed by atoms with van der Waals surface area (Å²) in [5.74, 6) is 2.93. The van der Waals surface area contributed by atoms with Crippen molar-refractivity contribution in [2.75, 3.05) is 18.1 Å². The molecule has 0 heterocycles. The molecule has 1 rings (SSSR count). The molecule has 1 aliphatic rings. The molecule has 3 N–H and O–H groups in total. The van der Waals surface area contributed by atoms with E-state index in [0.717, 1.165) is 37.9 Å². The van der Waals surface area contributed by atoms with Crippen LogP contribution in [0, 0.1) is 18.3 Å². The van der Waals surface area contributed by atoms with Crippen molar-refractivity contribution in [2.24, 2.45) is 5.92 Å². The Hall–Kier alpha value is -1.35. The van der Waals surface area contributed by atoms with Crippen LogP contribution in [0.25, 0.3) is 0 Å². The third kappa shape index (κ3) is 6.20. The molecule has 0 bridgehead atoms. The van der Waals surface area contributed by atoms with Gasteiger partial charge in [-0.05, 0) is 18.8 Å². The van der Waals surface area contributed by atoms with Crippen LogP contribution in [0.5, 0.6) is 0 Å². The number of nitrogens with one attached hydrogen (secondary N) is 2. The molecule has 0 aromatic carbocycles. The van der Waals surface area contributed by atoms with E-state index in [4.69, 9.17) is 6.42 Å². The van der Waals surface area contributed by atoms with Crippen molar-refractivity contribution in [1.29, 1.82) is 0 Å².